The first-order chi connectivity index (χ1) is 17.3. The van der Waals surface area contributed by atoms with Gasteiger partial charge in [0.1, 0.15) is 5.78 Å². The fraction of sp³-hybridized carbons (Fsp3) is 0.433. The molecule has 4 rings (SSSR count). The van der Waals surface area contributed by atoms with Gasteiger partial charge in [-0.3, -0.25) is 9.55 Å². The maximum atomic E-state index is 15.4. The van der Waals surface area contributed by atoms with Crippen LogP contribution in [0.5, 0.6) is 0 Å². The summed E-state index contributed by atoms with van der Waals surface area (Å²) in [5.74, 6) is 0.824. The molecular formula is C30H40N3O2P. The van der Waals surface area contributed by atoms with Crippen LogP contribution in [-0.4, -0.2) is 25.2 Å². The second-order valence-electron chi connectivity index (χ2n) is 10.7. The van der Waals surface area contributed by atoms with Crippen LogP contribution >= 0.6 is 7.37 Å². The van der Waals surface area contributed by atoms with Gasteiger partial charge in [0, 0.05) is 48.7 Å². The van der Waals surface area contributed by atoms with Crippen LogP contribution in [0.1, 0.15) is 51.4 Å². The van der Waals surface area contributed by atoms with Crippen molar-refractivity contribution in [3.05, 3.63) is 84.7 Å². The summed E-state index contributed by atoms with van der Waals surface area (Å²) in [5.41, 5.74) is 2.81. The lowest BCUT2D eigenvalue weighted by Crippen LogP contribution is -2.35. The highest BCUT2D eigenvalue weighted by Crippen LogP contribution is 2.61. The molecule has 1 N–H and O–H groups in total. The zero-order valence-electron chi connectivity index (χ0n) is 22.2. The number of para-hydroxylation sites is 1. The Morgan fingerprint density at radius 2 is 1.72 bits per heavy atom. The van der Waals surface area contributed by atoms with E-state index in [9.17, 15) is 0 Å². The van der Waals surface area contributed by atoms with Crippen molar-refractivity contribution in [1.82, 2.24) is 4.98 Å². The summed E-state index contributed by atoms with van der Waals surface area (Å²) < 4.78 is 22.4. The van der Waals surface area contributed by atoms with Crippen molar-refractivity contribution in [3.8, 4) is 0 Å². The van der Waals surface area contributed by atoms with Crippen LogP contribution in [0.2, 0.25) is 0 Å². The highest BCUT2D eigenvalue weighted by atomic mass is 31.2. The number of aromatic nitrogens is 1. The maximum Gasteiger partial charge on any atom is 0.258 e. The standard InChI is InChI=1S/C30H40N3O2P/c1-22(2)28-18-13-23(3)20-29(28)35-36(34,27-16-14-26(15-17-27)33(4)5)30(24-10-9-19-31-21-24)32-25-11-7-6-8-12-25/h6-12,14-17,19,21-23,28-30,32H,13,18,20H2,1-5H3/t23-,28-,29-,30-,36+/m1/s1. The van der Waals surface area contributed by atoms with Crippen molar-refractivity contribution >= 4 is 24.0 Å². The molecule has 0 saturated heterocycles. The Morgan fingerprint density at radius 3 is 2.33 bits per heavy atom. The summed E-state index contributed by atoms with van der Waals surface area (Å²) in [6, 6.07) is 21.8. The van der Waals surface area contributed by atoms with Gasteiger partial charge in [0.2, 0.25) is 0 Å². The van der Waals surface area contributed by atoms with Crippen molar-refractivity contribution < 1.29 is 9.09 Å². The van der Waals surface area contributed by atoms with E-state index in [1.165, 1.54) is 6.42 Å². The molecule has 3 aromatic rings. The zero-order chi connectivity index (χ0) is 25.7. The van der Waals surface area contributed by atoms with E-state index in [4.69, 9.17) is 4.52 Å². The highest BCUT2D eigenvalue weighted by molar-refractivity contribution is 7.67. The van der Waals surface area contributed by atoms with Crippen LogP contribution in [0.4, 0.5) is 11.4 Å². The van der Waals surface area contributed by atoms with Crippen LogP contribution in [0, 0.1) is 17.8 Å². The quantitative estimate of drug-likeness (QED) is 0.308. The van der Waals surface area contributed by atoms with Gasteiger partial charge in [-0.05, 0) is 73.1 Å². The van der Waals surface area contributed by atoms with Crippen LogP contribution < -0.4 is 15.5 Å². The van der Waals surface area contributed by atoms with Crippen LogP contribution in [-0.2, 0) is 9.09 Å². The van der Waals surface area contributed by atoms with E-state index in [-0.39, 0.29) is 6.10 Å². The summed E-state index contributed by atoms with van der Waals surface area (Å²) in [5, 5.41) is 4.31. The lowest BCUT2D eigenvalue weighted by atomic mass is 9.75. The molecule has 1 saturated carbocycles. The van der Waals surface area contributed by atoms with E-state index >= 15 is 4.57 Å². The van der Waals surface area contributed by atoms with Gasteiger partial charge in [-0.2, -0.15) is 0 Å². The molecule has 2 aromatic carbocycles. The Morgan fingerprint density at radius 1 is 1.00 bits per heavy atom. The molecule has 1 heterocycles. The molecule has 1 aliphatic carbocycles. The van der Waals surface area contributed by atoms with Gasteiger partial charge >= 0.3 is 0 Å². The van der Waals surface area contributed by atoms with Crippen molar-refractivity contribution in [3.63, 3.8) is 0 Å². The van der Waals surface area contributed by atoms with Gasteiger partial charge in [0.25, 0.3) is 7.37 Å². The molecule has 0 unspecified atom stereocenters. The smallest absolute Gasteiger partial charge is 0.258 e. The summed E-state index contributed by atoms with van der Waals surface area (Å²) in [6.07, 6.45) is 6.70. The monoisotopic (exact) mass is 505 g/mol. The van der Waals surface area contributed by atoms with Gasteiger partial charge in [-0.15, -0.1) is 0 Å². The minimum Gasteiger partial charge on any atom is -0.378 e. The molecule has 0 radical (unpaired) electrons. The third-order valence-corrected chi connectivity index (χ3v) is 10.1. The largest absolute Gasteiger partial charge is 0.378 e. The SMILES string of the molecule is CC(C)[C@H]1CC[C@@H](C)C[C@H]1O[P@@](=O)(c1ccc(N(C)C)cc1)[C@@H](Nc1ccccc1)c1cccnc1. The molecule has 1 aromatic heterocycles. The summed E-state index contributed by atoms with van der Waals surface area (Å²) >= 11 is 0. The number of hydrogen-bond donors (Lipinski definition) is 1. The second-order valence-corrected chi connectivity index (χ2v) is 13.1. The molecule has 6 heteroatoms. The number of nitrogens with zero attached hydrogens (tertiary/aromatic N) is 2. The number of hydrogen-bond acceptors (Lipinski definition) is 5. The second kappa shape index (κ2) is 11.6. The molecule has 0 amide bonds. The fourth-order valence-electron chi connectivity index (χ4n) is 5.26. The molecular weight excluding hydrogens is 465 g/mol. The van der Waals surface area contributed by atoms with Crippen LogP contribution in [0.3, 0.4) is 0 Å². The number of pyridine rings is 1. The summed E-state index contributed by atoms with van der Waals surface area (Å²) in [7, 11) is 0.561. The van der Waals surface area contributed by atoms with Gasteiger partial charge in [0.15, 0.2) is 0 Å². The molecule has 1 aliphatic rings. The van der Waals surface area contributed by atoms with Gasteiger partial charge in [-0.25, -0.2) is 0 Å². The van der Waals surface area contributed by atoms with Crippen molar-refractivity contribution in [2.75, 3.05) is 24.3 Å². The van der Waals surface area contributed by atoms with Crippen LogP contribution in [0.15, 0.2) is 79.1 Å². The van der Waals surface area contributed by atoms with Gasteiger partial charge in [-0.1, -0.05) is 51.5 Å². The summed E-state index contributed by atoms with van der Waals surface area (Å²) in [4.78, 5) is 6.42. The first-order valence-corrected chi connectivity index (χ1v) is 14.7. The van der Waals surface area contributed by atoms with Crippen molar-refractivity contribution in [2.24, 2.45) is 17.8 Å². The number of benzene rings is 2. The van der Waals surface area contributed by atoms with Crippen molar-refractivity contribution in [2.45, 2.75) is 51.9 Å². The zero-order valence-corrected chi connectivity index (χ0v) is 23.1. The molecule has 5 nitrogen and oxygen atoms in total. The molecule has 0 bridgehead atoms. The van der Waals surface area contributed by atoms with E-state index in [1.807, 2.05) is 85.7 Å². The fourth-order valence-corrected chi connectivity index (χ4v) is 7.88. The Bertz CT molecular complexity index is 1140. The van der Waals surface area contributed by atoms with E-state index in [0.29, 0.717) is 17.8 Å². The molecule has 0 spiro atoms. The first-order valence-electron chi connectivity index (χ1n) is 13.1. The van der Waals surface area contributed by atoms with E-state index in [0.717, 1.165) is 35.1 Å². The lowest BCUT2D eigenvalue weighted by molar-refractivity contribution is 0.0488. The van der Waals surface area contributed by atoms with E-state index in [2.05, 4.69) is 31.1 Å². The molecule has 192 valence electrons. The Labute approximate surface area is 216 Å². The Kier molecular flexibility index (Phi) is 8.54. The molecule has 36 heavy (non-hydrogen) atoms. The Hall–Kier alpha value is -2.62. The number of nitrogens with one attached hydrogen (secondary N) is 1. The van der Waals surface area contributed by atoms with Crippen molar-refractivity contribution in [1.29, 1.82) is 0 Å². The highest BCUT2D eigenvalue weighted by Gasteiger charge is 2.43. The minimum atomic E-state index is -3.46. The molecule has 5 atom stereocenters. The number of rotatable bonds is 9. The topological polar surface area (TPSA) is 54.5 Å². The predicted octanol–water partition coefficient (Wildman–Crippen LogP) is 7.34. The Balaban J connectivity index is 1.83. The normalized spacial score (nSPS) is 22.6. The van der Waals surface area contributed by atoms with E-state index in [1.54, 1.807) is 12.4 Å². The third kappa shape index (κ3) is 6.02. The van der Waals surface area contributed by atoms with Gasteiger partial charge < -0.3 is 14.7 Å². The predicted molar refractivity (Wildman–Crippen MR) is 151 cm³/mol. The lowest BCUT2D eigenvalue weighted by Gasteiger charge is -2.41. The van der Waals surface area contributed by atoms with Crippen LogP contribution in [0.25, 0.3) is 0 Å². The maximum absolute atomic E-state index is 15.4. The van der Waals surface area contributed by atoms with Gasteiger partial charge in [0.05, 0.1) is 6.10 Å². The molecule has 1 fully saturated rings. The van der Waals surface area contributed by atoms with E-state index < -0.39 is 13.2 Å². The summed E-state index contributed by atoms with van der Waals surface area (Å²) in [6.45, 7) is 6.80. The minimum absolute atomic E-state index is 0.0650. The average molecular weight is 506 g/mol. The molecule has 0 aliphatic heterocycles. The first kappa shape index (κ1) is 26.4. The number of anilines is 2. The third-order valence-electron chi connectivity index (χ3n) is 7.40. The average Bonchev–Trinajstić information content (AvgIpc) is 2.88.